The molecule has 0 saturated carbocycles. The second-order valence-electron chi connectivity index (χ2n) is 5.96. The van der Waals surface area contributed by atoms with Gasteiger partial charge in [-0.05, 0) is 36.6 Å². The van der Waals surface area contributed by atoms with E-state index in [0.717, 1.165) is 24.3 Å². The summed E-state index contributed by atoms with van der Waals surface area (Å²) < 4.78 is 0. The summed E-state index contributed by atoms with van der Waals surface area (Å²) in [6.07, 6.45) is 1.47. The Morgan fingerprint density at radius 1 is 1.04 bits per heavy atom. The summed E-state index contributed by atoms with van der Waals surface area (Å²) in [6, 6.07) is 16.8. The van der Waals surface area contributed by atoms with E-state index in [-0.39, 0.29) is 11.8 Å². The van der Waals surface area contributed by atoms with Crippen molar-refractivity contribution in [3.8, 4) is 0 Å². The zero-order valence-electron chi connectivity index (χ0n) is 13.4. The van der Waals surface area contributed by atoms with Gasteiger partial charge in [-0.1, -0.05) is 30.3 Å². The Bertz CT molecular complexity index is 706. The maximum Gasteiger partial charge on any atom is 0.255 e. The van der Waals surface area contributed by atoms with Crippen molar-refractivity contribution in [1.82, 2.24) is 5.32 Å². The summed E-state index contributed by atoms with van der Waals surface area (Å²) in [5.74, 6) is 0.400. The molecule has 2 aromatic rings. The molecule has 3 N–H and O–H groups in total. The molecule has 1 aliphatic heterocycles. The molecule has 1 unspecified atom stereocenters. The summed E-state index contributed by atoms with van der Waals surface area (Å²) in [5, 5.41) is 9.23. The predicted molar refractivity (Wildman–Crippen MR) is 95.1 cm³/mol. The Hall–Kier alpha value is -2.82. The van der Waals surface area contributed by atoms with Crippen LogP contribution in [0.15, 0.2) is 54.6 Å². The molecule has 0 bridgehead atoms. The molecular weight excluding hydrogens is 302 g/mol. The highest BCUT2D eigenvalue weighted by atomic mass is 16.2. The van der Waals surface area contributed by atoms with Crippen LogP contribution in [-0.4, -0.2) is 24.9 Å². The first-order valence-electron chi connectivity index (χ1n) is 8.18. The van der Waals surface area contributed by atoms with Gasteiger partial charge < -0.3 is 16.0 Å². The molecule has 1 saturated heterocycles. The summed E-state index contributed by atoms with van der Waals surface area (Å²) >= 11 is 0. The molecule has 5 nitrogen and oxygen atoms in total. The quantitative estimate of drug-likeness (QED) is 0.792. The van der Waals surface area contributed by atoms with Gasteiger partial charge in [-0.3, -0.25) is 9.59 Å². The Morgan fingerprint density at radius 3 is 2.46 bits per heavy atom. The lowest BCUT2D eigenvalue weighted by molar-refractivity contribution is -0.122. The largest absolute Gasteiger partial charge is 0.383 e. The fourth-order valence-electron chi connectivity index (χ4n) is 2.74. The van der Waals surface area contributed by atoms with E-state index in [1.165, 1.54) is 0 Å². The minimum absolute atomic E-state index is 0.127. The number of carbonyl (C=O) groups excluding carboxylic acids is 2. The Balaban J connectivity index is 1.62. The van der Waals surface area contributed by atoms with Crippen LogP contribution in [0.25, 0.3) is 0 Å². The number of amides is 2. The standard InChI is InChI=1S/C19H21N3O2/c23-18-11-10-14(13-21-18)12-20-16-8-4-5-9-17(16)22-19(24)15-6-2-1-3-7-15/h1-9,14,20H,10-13H2,(H,21,23)(H,22,24). The number of hydrogen-bond acceptors (Lipinski definition) is 3. The maximum atomic E-state index is 12.3. The molecule has 124 valence electrons. The van der Waals surface area contributed by atoms with Crippen molar-refractivity contribution < 1.29 is 9.59 Å². The molecule has 0 spiro atoms. The van der Waals surface area contributed by atoms with Crippen molar-refractivity contribution in [1.29, 1.82) is 0 Å². The first-order chi connectivity index (χ1) is 11.7. The van der Waals surface area contributed by atoms with Crippen LogP contribution in [0.5, 0.6) is 0 Å². The van der Waals surface area contributed by atoms with Crippen LogP contribution >= 0.6 is 0 Å². The molecule has 2 aromatic carbocycles. The van der Waals surface area contributed by atoms with Crippen LogP contribution in [-0.2, 0) is 4.79 Å². The monoisotopic (exact) mass is 323 g/mol. The molecule has 0 aliphatic carbocycles. The van der Waals surface area contributed by atoms with Crippen molar-refractivity contribution in [2.24, 2.45) is 5.92 Å². The van der Waals surface area contributed by atoms with Gasteiger partial charge in [0.15, 0.2) is 0 Å². The second-order valence-corrected chi connectivity index (χ2v) is 5.96. The number of rotatable bonds is 5. The van der Waals surface area contributed by atoms with Crippen LogP contribution in [0.4, 0.5) is 11.4 Å². The van der Waals surface area contributed by atoms with Crippen molar-refractivity contribution in [3.63, 3.8) is 0 Å². The van der Waals surface area contributed by atoms with Gasteiger partial charge >= 0.3 is 0 Å². The van der Waals surface area contributed by atoms with E-state index >= 15 is 0 Å². The highest BCUT2D eigenvalue weighted by Gasteiger charge is 2.18. The average molecular weight is 323 g/mol. The lowest BCUT2D eigenvalue weighted by Crippen LogP contribution is -2.37. The number of para-hydroxylation sites is 2. The lowest BCUT2D eigenvalue weighted by atomic mass is 9.99. The van der Waals surface area contributed by atoms with Crippen LogP contribution in [0.3, 0.4) is 0 Å². The average Bonchev–Trinajstić information content (AvgIpc) is 2.63. The highest BCUT2D eigenvalue weighted by Crippen LogP contribution is 2.23. The summed E-state index contributed by atoms with van der Waals surface area (Å²) in [6.45, 7) is 1.46. The topological polar surface area (TPSA) is 70.2 Å². The van der Waals surface area contributed by atoms with Crippen molar-refractivity contribution in [3.05, 3.63) is 60.2 Å². The third kappa shape index (κ3) is 4.13. The minimum Gasteiger partial charge on any atom is -0.383 e. The van der Waals surface area contributed by atoms with Gasteiger partial charge in [-0.25, -0.2) is 0 Å². The summed E-state index contributed by atoms with van der Waals surface area (Å²) in [5.41, 5.74) is 2.27. The molecule has 1 heterocycles. The SMILES string of the molecule is O=C1CCC(CNc2ccccc2NC(=O)c2ccccc2)CN1. The molecular formula is C19H21N3O2. The smallest absolute Gasteiger partial charge is 0.255 e. The van der Waals surface area contributed by atoms with Gasteiger partial charge in [-0.2, -0.15) is 0 Å². The first-order valence-corrected chi connectivity index (χ1v) is 8.18. The Kier molecular flexibility index (Phi) is 5.11. The van der Waals surface area contributed by atoms with E-state index in [2.05, 4.69) is 16.0 Å². The van der Waals surface area contributed by atoms with E-state index in [9.17, 15) is 9.59 Å². The number of carbonyl (C=O) groups is 2. The fraction of sp³-hybridized carbons (Fsp3) is 0.263. The summed E-state index contributed by atoms with van der Waals surface area (Å²) in [4.78, 5) is 23.5. The number of anilines is 2. The fourth-order valence-corrected chi connectivity index (χ4v) is 2.74. The number of benzene rings is 2. The predicted octanol–water partition coefficient (Wildman–Crippen LogP) is 2.88. The van der Waals surface area contributed by atoms with Crippen LogP contribution < -0.4 is 16.0 Å². The van der Waals surface area contributed by atoms with Gasteiger partial charge in [-0.15, -0.1) is 0 Å². The number of piperidine rings is 1. The minimum atomic E-state index is -0.130. The van der Waals surface area contributed by atoms with Crippen molar-refractivity contribution in [2.45, 2.75) is 12.8 Å². The summed E-state index contributed by atoms with van der Waals surface area (Å²) in [7, 11) is 0. The normalized spacial score (nSPS) is 17.0. The van der Waals surface area contributed by atoms with Gasteiger partial charge in [0.1, 0.15) is 0 Å². The third-order valence-corrected chi connectivity index (χ3v) is 4.16. The van der Waals surface area contributed by atoms with E-state index in [0.29, 0.717) is 24.4 Å². The van der Waals surface area contributed by atoms with Crippen LogP contribution in [0.1, 0.15) is 23.2 Å². The molecule has 3 rings (SSSR count). The molecule has 1 atom stereocenters. The molecule has 1 fully saturated rings. The van der Waals surface area contributed by atoms with Gasteiger partial charge in [0.2, 0.25) is 5.91 Å². The van der Waals surface area contributed by atoms with Gasteiger partial charge in [0.25, 0.3) is 5.91 Å². The Labute approximate surface area is 141 Å². The lowest BCUT2D eigenvalue weighted by Gasteiger charge is -2.23. The van der Waals surface area contributed by atoms with Crippen LogP contribution in [0, 0.1) is 5.92 Å². The zero-order valence-corrected chi connectivity index (χ0v) is 13.4. The maximum absolute atomic E-state index is 12.3. The second kappa shape index (κ2) is 7.64. The third-order valence-electron chi connectivity index (χ3n) is 4.16. The molecule has 0 radical (unpaired) electrons. The molecule has 24 heavy (non-hydrogen) atoms. The Morgan fingerprint density at radius 2 is 1.75 bits per heavy atom. The van der Waals surface area contributed by atoms with Crippen molar-refractivity contribution >= 4 is 23.2 Å². The number of nitrogens with one attached hydrogen (secondary N) is 3. The number of hydrogen-bond donors (Lipinski definition) is 3. The molecule has 5 heteroatoms. The van der Waals surface area contributed by atoms with Crippen LogP contribution in [0.2, 0.25) is 0 Å². The van der Waals surface area contributed by atoms with Crippen molar-refractivity contribution in [2.75, 3.05) is 23.7 Å². The first kappa shape index (κ1) is 16.1. The van der Waals surface area contributed by atoms with Gasteiger partial charge in [0, 0.05) is 25.1 Å². The van der Waals surface area contributed by atoms with E-state index in [1.807, 2.05) is 42.5 Å². The zero-order chi connectivity index (χ0) is 16.8. The highest BCUT2D eigenvalue weighted by molar-refractivity contribution is 6.05. The van der Waals surface area contributed by atoms with E-state index < -0.39 is 0 Å². The van der Waals surface area contributed by atoms with E-state index in [1.54, 1.807) is 12.1 Å². The van der Waals surface area contributed by atoms with E-state index in [4.69, 9.17) is 0 Å². The molecule has 1 aliphatic rings. The molecule has 2 amide bonds. The van der Waals surface area contributed by atoms with Gasteiger partial charge in [0.05, 0.1) is 11.4 Å². The molecule has 0 aromatic heterocycles.